The van der Waals surface area contributed by atoms with Crippen LogP contribution in [-0.4, -0.2) is 91.2 Å². The number of rotatable bonds is 7. The van der Waals surface area contributed by atoms with Gasteiger partial charge in [-0.1, -0.05) is 46.2 Å². The molecule has 3 heterocycles. The Balaban J connectivity index is 1.67. The minimum absolute atomic E-state index is 0.488. The molecule has 0 saturated carbocycles. The Kier molecular flexibility index (Phi) is 8.37. The van der Waals surface area contributed by atoms with Gasteiger partial charge in [-0.15, -0.1) is 0 Å². The molecule has 1 N–H and O–H groups in total. The second kappa shape index (κ2) is 11.0. The van der Waals surface area contributed by atoms with Crippen LogP contribution in [0.15, 0.2) is 12.1 Å². The molecule has 2 aromatic rings. The fourth-order valence-corrected chi connectivity index (χ4v) is 7.58. The number of piperazine rings is 2. The lowest BCUT2D eigenvalue weighted by atomic mass is 9.99. The molecular weight excluding hydrogens is 456 g/mol. The number of benzene rings is 1. The molecule has 2 aliphatic heterocycles. The largest absolute Gasteiger partial charge is 0.507 e. The molecule has 2 saturated heterocycles. The Morgan fingerprint density at radius 2 is 1.34 bits per heavy atom. The van der Waals surface area contributed by atoms with E-state index in [1.54, 1.807) is 20.7 Å². The van der Waals surface area contributed by atoms with Gasteiger partial charge in [-0.3, -0.25) is 9.80 Å². The second-order valence-corrected chi connectivity index (χ2v) is 12.1. The van der Waals surface area contributed by atoms with Crippen LogP contribution in [0.25, 0.3) is 10.4 Å². The zero-order valence-electron chi connectivity index (χ0n) is 19.6. The highest BCUT2D eigenvalue weighted by atomic mass is 32.9. The summed E-state index contributed by atoms with van der Waals surface area (Å²) in [7, 11) is 7.88. The predicted molar refractivity (Wildman–Crippen MR) is 140 cm³/mol. The van der Waals surface area contributed by atoms with E-state index < -0.39 is 0 Å². The first kappa shape index (κ1) is 24.3. The number of nitrogens with zero attached hydrogens (tertiary/aromatic N) is 4. The summed E-state index contributed by atoms with van der Waals surface area (Å²) in [5.74, 6) is 0.488. The van der Waals surface area contributed by atoms with Gasteiger partial charge >= 0.3 is 0 Å². The molecule has 0 spiro atoms. The summed E-state index contributed by atoms with van der Waals surface area (Å²) < 4.78 is 1.03. The van der Waals surface area contributed by atoms with Crippen molar-refractivity contribution in [3.05, 3.63) is 32.6 Å². The normalized spacial score (nSPS) is 19.6. The standard InChI is InChI=1S/C24H36N4OS3/c1-4-5-21-23(31-32-24(21)30)18-14-19(16-27-10-6-25(2)7-11-27)22(29)20(15-18)17-28-12-8-26(3)9-13-28/h14-15,29H,4-13,16-17H2,1-3H3. The van der Waals surface area contributed by atoms with Gasteiger partial charge in [0, 0.05) is 76.6 Å². The number of aromatic hydroxyl groups is 1. The lowest BCUT2D eigenvalue weighted by Crippen LogP contribution is -2.44. The van der Waals surface area contributed by atoms with Crippen molar-refractivity contribution in [3.63, 3.8) is 0 Å². The van der Waals surface area contributed by atoms with Crippen LogP contribution in [0.4, 0.5) is 0 Å². The van der Waals surface area contributed by atoms with E-state index >= 15 is 0 Å². The third kappa shape index (κ3) is 5.78. The molecule has 0 bridgehead atoms. The molecule has 32 heavy (non-hydrogen) atoms. The zero-order valence-corrected chi connectivity index (χ0v) is 22.1. The van der Waals surface area contributed by atoms with Gasteiger partial charge < -0.3 is 14.9 Å². The third-order valence-electron chi connectivity index (χ3n) is 6.73. The van der Waals surface area contributed by atoms with Crippen LogP contribution in [0.3, 0.4) is 0 Å². The number of phenols is 1. The molecule has 0 aliphatic carbocycles. The predicted octanol–water partition coefficient (Wildman–Crippen LogP) is 4.36. The summed E-state index contributed by atoms with van der Waals surface area (Å²) in [6.07, 6.45) is 2.12. The van der Waals surface area contributed by atoms with Gasteiger partial charge in [0.2, 0.25) is 0 Å². The summed E-state index contributed by atoms with van der Waals surface area (Å²) in [6.45, 7) is 12.4. The summed E-state index contributed by atoms with van der Waals surface area (Å²) in [4.78, 5) is 11.0. The lowest BCUT2D eigenvalue weighted by Gasteiger charge is -2.34. The summed E-state index contributed by atoms with van der Waals surface area (Å²) in [5, 5.41) is 11.3. The van der Waals surface area contributed by atoms with E-state index in [0.29, 0.717) is 5.75 Å². The van der Waals surface area contributed by atoms with E-state index in [1.807, 2.05) is 0 Å². The molecule has 0 unspecified atom stereocenters. The van der Waals surface area contributed by atoms with Crippen molar-refractivity contribution in [3.8, 4) is 16.2 Å². The number of hydrogen-bond acceptors (Lipinski definition) is 8. The van der Waals surface area contributed by atoms with Crippen LogP contribution in [-0.2, 0) is 19.5 Å². The summed E-state index contributed by atoms with van der Waals surface area (Å²) >= 11 is 5.67. The van der Waals surface area contributed by atoms with E-state index in [2.05, 4.69) is 52.8 Å². The van der Waals surface area contributed by atoms with Gasteiger partial charge in [0.25, 0.3) is 0 Å². The van der Waals surface area contributed by atoms with Gasteiger partial charge in [0.1, 0.15) is 9.57 Å². The van der Waals surface area contributed by atoms with E-state index in [4.69, 9.17) is 12.2 Å². The molecule has 2 fully saturated rings. The van der Waals surface area contributed by atoms with E-state index in [1.165, 1.54) is 16.0 Å². The fraction of sp³-hybridized carbons (Fsp3) is 0.625. The van der Waals surface area contributed by atoms with Crippen molar-refractivity contribution in [2.45, 2.75) is 32.9 Å². The van der Waals surface area contributed by atoms with Crippen molar-refractivity contribution < 1.29 is 5.11 Å². The molecule has 2 aliphatic rings. The van der Waals surface area contributed by atoms with Crippen molar-refractivity contribution in [2.75, 3.05) is 66.5 Å². The minimum atomic E-state index is 0.488. The summed E-state index contributed by atoms with van der Waals surface area (Å²) in [5.41, 5.74) is 4.67. The highest BCUT2D eigenvalue weighted by molar-refractivity contribution is 7.80. The van der Waals surface area contributed by atoms with Gasteiger partial charge in [-0.25, -0.2) is 0 Å². The van der Waals surface area contributed by atoms with Crippen LogP contribution < -0.4 is 0 Å². The lowest BCUT2D eigenvalue weighted by molar-refractivity contribution is 0.144. The highest BCUT2D eigenvalue weighted by Gasteiger charge is 2.22. The Morgan fingerprint density at radius 1 is 0.844 bits per heavy atom. The first-order valence-electron chi connectivity index (χ1n) is 11.7. The number of likely N-dealkylation sites (N-methyl/N-ethyl adjacent to an activating group) is 2. The van der Waals surface area contributed by atoms with E-state index in [0.717, 1.165) is 93.2 Å². The average molecular weight is 493 g/mol. The molecule has 4 rings (SSSR count). The number of phenolic OH excluding ortho intramolecular Hbond substituents is 1. The summed E-state index contributed by atoms with van der Waals surface area (Å²) in [6, 6.07) is 4.46. The molecule has 1 aromatic heterocycles. The number of hydrogen-bond donors (Lipinski definition) is 1. The van der Waals surface area contributed by atoms with Gasteiger partial charge in [0.15, 0.2) is 0 Å². The van der Waals surface area contributed by atoms with E-state index in [9.17, 15) is 5.11 Å². The van der Waals surface area contributed by atoms with Crippen LogP contribution in [0, 0.1) is 3.82 Å². The molecule has 1 aromatic carbocycles. The monoisotopic (exact) mass is 492 g/mol. The molecular formula is C24H36N4OS3. The second-order valence-electron chi connectivity index (χ2n) is 9.31. The Labute approximate surface area is 205 Å². The quantitative estimate of drug-likeness (QED) is 0.457. The van der Waals surface area contributed by atoms with Crippen molar-refractivity contribution in [1.82, 2.24) is 19.6 Å². The molecule has 8 heteroatoms. The van der Waals surface area contributed by atoms with Crippen LogP contribution in [0.2, 0.25) is 0 Å². The van der Waals surface area contributed by atoms with Gasteiger partial charge in [-0.05, 0) is 43.8 Å². The van der Waals surface area contributed by atoms with E-state index in [-0.39, 0.29) is 0 Å². The smallest absolute Gasteiger partial charge is 0.124 e. The molecule has 5 nitrogen and oxygen atoms in total. The van der Waals surface area contributed by atoms with Crippen molar-refractivity contribution in [2.24, 2.45) is 0 Å². The van der Waals surface area contributed by atoms with Crippen LogP contribution >= 0.6 is 32.9 Å². The molecule has 0 amide bonds. The first-order chi connectivity index (χ1) is 15.4. The van der Waals surface area contributed by atoms with Crippen molar-refractivity contribution in [1.29, 1.82) is 0 Å². The Morgan fingerprint density at radius 3 is 1.81 bits per heavy atom. The molecule has 0 radical (unpaired) electrons. The van der Waals surface area contributed by atoms with Crippen LogP contribution in [0.1, 0.15) is 30.0 Å². The SMILES string of the molecule is CCCc1c(-c2cc(CN3CCN(C)CC3)c(O)c(CN3CCN(C)CC3)c2)ssc1=S. The zero-order chi connectivity index (χ0) is 22.7. The Bertz CT molecular complexity index is 911. The maximum atomic E-state index is 11.3. The topological polar surface area (TPSA) is 33.2 Å². The first-order valence-corrected chi connectivity index (χ1v) is 14.3. The van der Waals surface area contributed by atoms with Crippen LogP contribution in [0.5, 0.6) is 5.75 Å². The van der Waals surface area contributed by atoms with Gasteiger partial charge in [-0.2, -0.15) is 0 Å². The molecule has 176 valence electrons. The molecule has 0 atom stereocenters. The Hall–Kier alpha value is -0.870. The highest BCUT2D eigenvalue weighted by Crippen LogP contribution is 2.39. The minimum Gasteiger partial charge on any atom is -0.507 e. The maximum Gasteiger partial charge on any atom is 0.124 e. The average Bonchev–Trinajstić information content (AvgIpc) is 3.14. The third-order valence-corrected chi connectivity index (χ3v) is 9.92. The maximum absolute atomic E-state index is 11.3. The van der Waals surface area contributed by atoms with Crippen molar-refractivity contribution >= 4 is 32.9 Å². The fourth-order valence-electron chi connectivity index (χ4n) is 4.59. The van der Waals surface area contributed by atoms with Gasteiger partial charge in [0.05, 0.1) is 4.88 Å².